The minimum absolute atomic E-state index is 0.00910. The van der Waals surface area contributed by atoms with Crippen molar-refractivity contribution in [3.05, 3.63) is 0 Å². The summed E-state index contributed by atoms with van der Waals surface area (Å²) in [4.78, 5) is 23.5. The van der Waals surface area contributed by atoms with E-state index in [0.29, 0.717) is 25.9 Å². The van der Waals surface area contributed by atoms with E-state index in [1.54, 1.807) is 0 Å². The lowest BCUT2D eigenvalue weighted by Crippen LogP contribution is -2.53. The van der Waals surface area contributed by atoms with E-state index < -0.39 is 23.8 Å². The van der Waals surface area contributed by atoms with Crippen LogP contribution in [0.3, 0.4) is 0 Å². The first-order chi connectivity index (χ1) is 12.0. The van der Waals surface area contributed by atoms with E-state index in [-0.39, 0.29) is 35.6 Å². The average Bonchev–Trinajstić information content (AvgIpc) is 2.43. The molecule has 0 heterocycles. The van der Waals surface area contributed by atoms with E-state index in [4.69, 9.17) is 9.47 Å². The van der Waals surface area contributed by atoms with Gasteiger partial charge in [-0.15, -0.1) is 0 Å². The lowest BCUT2D eigenvalue weighted by Gasteiger charge is -2.51. The van der Waals surface area contributed by atoms with Gasteiger partial charge in [-0.25, -0.2) is 0 Å². The van der Waals surface area contributed by atoms with Crippen LogP contribution in [0.1, 0.15) is 60.3 Å². The topological polar surface area (TPSA) is 93.1 Å². The molecule has 2 saturated carbocycles. The fourth-order valence-electron chi connectivity index (χ4n) is 4.63. The highest BCUT2D eigenvalue weighted by Gasteiger charge is 2.53. The number of aliphatic carboxylic acids is 2. The molecule has 6 unspecified atom stereocenters. The molecule has 2 aliphatic carbocycles. The molecule has 0 aromatic rings. The molecule has 2 fully saturated rings. The van der Waals surface area contributed by atoms with Crippen LogP contribution in [0.4, 0.5) is 0 Å². The largest absolute Gasteiger partial charge is 0.481 e. The van der Waals surface area contributed by atoms with E-state index in [9.17, 15) is 19.8 Å². The van der Waals surface area contributed by atoms with Gasteiger partial charge < -0.3 is 19.7 Å². The number of ether oxygens (including phenoxy) is 2. The zero-order valence-electron chi connectivity index (χ0n) is 16.6. The third-order valence-corrected chi connectivity index (χ3v) is 5.74. The van der Waals surface area contributed by atoms with E-state index in [0.717, 1.165) is 6.42 Å². The molecule has 6 atom stereocenters. The Balaban J connectivity index is 2.17. The quantitative estimate of drug-likeness (QED) is 0.713. The second kappa shape index (κ2) is 8.26. The summed E-state index contributed by atoms with van der Waals surface area (Å²) in [6.07, 6.45) is 2.55. The molecule has 2 rings (SSSR count). The summed E-state index contributed by atoms with van der Waals surface area (Å²) >= 11 is 0. The van der Waals surface area contributed by atoms with Gasteiger partial charge in [0.2, 0.25) is 0 Å². The number of carboxylic acids is 2. The van der Waals surface area contributed by atoms with Gasteiger partial charge in [-0.2, -0.15) is 0 Å². The second-order valence-electron chi connectivity index (χ2n) is 9.17. The molecule has 6 nitrogen and oxygen atoms in total. The molecule has 0 amide bonds. The van der Waals surface area contributed by atoms with E-state index in [2.05, 4.69) is 0 Å². The van der Waals surface area contributed by atoms with Crippen LogP contribution in [0, 0.1) is 29.6 Å². The summed E-state index contributed by atoms with van der Waals surface area (Å²) in [5.41, 5.74) is -0.291. The third kappa shape index (κ3) is 5.19. The van der Waals surface area contributed by atoms with Crippen molar-refractivity contribution in [3.63, 3.8) is 0 Å². The zero-order chi connectivity index (χ0) is 19.6. The van der Waals surface area contributed by atoms with Gasteiger partial charge in [0.05, 0.1) is 36.3 Å². The maximum atomic E-state index is 11.8. The van der Waals surface area contributed by atoms with Crippen LogP contribution in [0.25, 0.3) is 0 Å². The summed E-state index contributed by atoms with van der Waals surface area (Å²) in [6.45, 7) is 10.4. The number of rotatable bonds is 7. The van der Waals surface area contributed by atoms with Crippen molar-refractivity contribution in [1.82, 2.24) is 0 Å². The Bertz CT molecular complexity index is 509. The summed E-state index contributed by atoms with van der Waals surface area (Å²) in [6, 6.07) is 0. The Morgan fingerprint density at radius 1 is 1.04 bits per heavy atom. The normalized spacial score (nSPS) is 35.2. The Hall–Kier alpha value is -1.14. The van der Waals surface area contributed by atoms with Crippen LogP contribution in [0.2, 0.25) is 0 Å². The van der Waals surface area contributed by atoms with Crippen molar-refractivity contribution in [3.8, 4) is 0 Å². The minimum atomic E-state index is -0.821. The molecular formula is C20H34O6. The Labute approximate surface area is 156 Å². The number of carbonyl (C=O) groups is 2. The van der Waals surface area contributed by atoms with Crippen LogP contribution in [-0.2, 0) is 19.1 Å². The summed E-state index contributed by atoms with van der Waals surface area (Å²) in [5.74, 6) is -2.84. The molecule has 0 aliphatic heterocycles. The first-order valence-electron chi connectivity index (χ1n) is 9.74. The van der Waals surface area contributed by atoms with Crippen molar-refractivity contribution in [2.24, 2.45) is 29.6 Å². The molecule has 0 aromatic carbocycles. The first kappa shape index (κ1) is 21.2. The molecular weight excluding hydrogens is 336 g/mol. The fraction of sp³-hybridized carbons (Fsp3) is 0.900. The van der Waals surface area contributed by atoms with Crippen molar-refractivity contribution >= 4 is 11.9 Å². The van der Waals surface area contributed by atoms with Gasteiger partial charge in [-0.3, -0.25) is 9.59 Å². The van der Waals surface area contributed by atoms with Crippen molar-refractivity contribution in [2.75, 3.05) is 6.61 Å². The monoisotopic (exact) mass is 370 g/mol. The number of carboxylic acid groups (broad SMARTS) is 2. The van der Waals surface area contributed by atoms with Gasteiger partial charge in [-0.1, -0.05) is 0 Å². The van der Waals surface area contributed by atoms with Crippen molar-refractivity contribution in [1.29, 1.82) is 0 Å². The lowest BCUT2D eigenvalue weighted by molar-refractivity contribution is -0.172. The van der Waals surface area contributed by atoms with Gasteiger partial charge in [0.15, 0.2) is 0 Å². The van der Waals surface area contributed by atoms with Crippen LogP contribution in [-0.4, -0.2) is 46.6 Å². The molecule has 2 N–H and O–H groups in total. The summed E-state index contributed by atoms with van der Waals surface area (Å²) in [5, 5.41) is 19.3. The Morgan fingerprint density at radius 2 is 1.65 bits per heavy atom. The maximum Gasteiger partial charge on any atom is 0.306 e. The molecule has 26 heavy (non-hydrogen) atoms. The van der Waals surface area contributed by atoms with Gasteiger partial charge in [-0.05, 0) is 78.1 Å². The Morgan fingerprint density at radius 3 is 2.15 bits per heavy atom. The Kier molecular flexibility index (Phi) is 6.72. The predicted molar refractivity (Wildman–Crippen MR) is 96.9 cm³/mol. The number of hydrogen-bond acceptors (Lipinski definition) is 4. The molecule has 0 spiro atoms. The highest BCUT2D eigenvalue weighted by molar-refractivity contribution is 5.73. The van der Waals surface area contributed by atoms with E-state index in [1.807, 2.05) is 34.6 Å². The molecule has 0 bridgehead atoms. The van der Waals surface area contributed by atoms with Gasteiger partial charge in [0, 0.05) is 0 Å². The average molecular weight is 370 g/mol. The molecule has 0 radical (unpaired) electrons. The van der Waals surface area contributed by atoms with Crippen molar-refractivity contribution in [2.45, 2.75) is 78.1 Å². The van der Waals surface area contributed by atoms with Crippen LogP contribution < -0.4 is 0 Å². The molecule has 0 saturated heterocycles. The molecule has 0 aromatic heterocycles. The minimum Gasteiger partial charge on any atom is -0.481 e. The van der Waals surface area contributed by atoms with Gasteiger partial charge in [0.1, 0.15) is 0 Å². The van der Waals surface area contributed by atoms with Crippen LogP contribution >= 0.6 is 0 Å². The summed E-state index contributed by atoms with van der Waals surface area (Å²) < 4.78 is 11.8. The van der Waals surface area contributed by atoms with Gasteiger partial charge >= 0.3 is 11.9 Å². The van der Waals surface area contributed by atoms with Gasteiger partial charge in [0.25, 0.3) is 0 Å². The lowest BCUT2D eigenvalue weighted by atomic mass is 9.54. The number of hydrogen-bond donors (Lipinski definition) is 2. The maximum absolute atomic E-state index is 11.8. The highest BCUT2D eigenvalue weighted by Crippen LogP contribution is 2.52. The van der Waals surface area contributed by atoms with Crippen molar-refractivity contribution < 1.29 is 29.3 Å². The highest BCUT2D eigenvalue weighted by atomic mass is 16.5. The van der Waals surface area contributed by atoms with Crippen LogP contribution in [0.5, 0.6) is 0 Å². The van der Waals surface area contributed by atoms with E-state index in [1.165, 1.54) is 0 Å². The smallest absolute Gasteiger partial charge is 0.306 e. The first-order valence-corrected chi connectivity index (χ1v) is 9.74. The zero-order valence-corrected chi connectivity index (χ0v) is 16.6. The predicted octanol–water partition coefficient (Wildman–Crippen LogP) is 3.43. The second-order valence-corrected chi connectivity index (χ2v) is 9.17. The van der Waals surface area contributed by atoms with Crippen LogP contribution in [0.15, 0.2) is 0 Å². The fourth-order valence-corrected chi connectivity index (χ4v) is 4.63. The molecule has 150 valence electrons. The SMILES string of the molecule is CC(C)OC1CCC(C(=O)O)C(C2C(COC(C)(C)C)CC2C(=O)O)C1. The third-order valence-electron chi connectivity index (χ3n) is 5.74. The molecule has 2 aliphatic rings. The standard InChI is InChI=1S/C20H34O6/c1-11(2)26-13-6-7-14(18(21)22)15(9-13)17-12(8-16(17)19(23)24)10-25-20(3,4)5/h11-17H,6-10H2,1-5H3,(H,21,22)(H,23,24). The van der Waals surface area contributed by atoms with E-state index >= 15 is 0 Å². The molecule has 6 heteroatoms. The summed E-state index contributed by atoms with van der Waals surface area (Å²) in [7, 11) is 0.